The number of ether oxygens (including phenoxy) is 1. The number of rotatable bonds is 2. The molecule has 5 heteroatoms. The van der Waals surface area contributed by atoms with Crippen LogP contribution in [0.5, 0.6) is 0 Å². The summed E-state index contributed by atoms with van der Waals surface area (Å²) in [5, 5.41) is 0.758. The summed E-state index contributed by atoms with van der Waals surface area (Å²) in [6.07, 6.45) is 0. The molecule has 1 aromatic heterocycles. The second-order valence-corrected chi connectivity index (χ2v) is 5.31. The predicted octanol–water partition coefficient (Wildman–Crippen LogP) is 1.87. The highest BCUT2D eigenvalue weighted by Gasteiger charge is 2.22. The lowest BCUT2D eigenvalue weighted by molar-refractivity contribution is 0.00742. The van der Waals surface area contributed by atoms with Gasteiger partial charge in [0.25, 0.3) is 0 Å². The number of carbonyl (C=O) groups is 1. The van der Waals surface area contributed by atoms with Crippen molar-refractivity contribution in [3.63, 3.8) is 0 Å². The first-order valence-electron chi connectivity index (χ1n) is 4.73. The van der Waals surface area contributed by atoms with E-state index in [2.05, 4.69) is 4.98 Å². The second kappa shape index (κ2) is 4.28. The fourth-order valence-corrected chi connectivity index (χ4v) is 1.87. The van der Waals surface area contributed by atoms with Crippen LogP contribution in [-0.4, -0.2) is 16.6 Å². The number of carbonyl (C=O) groups excluding carboxylic acids is 1. The fraction of sp³-hybridized carbons (Fsp3) is 0.600. The Hall–Kier alpha value is -0.940. The van der Waals surface area contributed by atoms with Gasteiger partial charge in [0.15, 0.2) is 0 Å². The molecule has 15 heavy (non-hydrogen) atoms. The van der Waals surface area contributed by atoms with Gasteiger partial charge >= 0.3 is 5.97 Å². The van der Waals surface area contributed by atoms with Crippen molar-refractivity contribution >= 4 is 17.3 Å². The molecule has 0 saturated heterocycles. The molecule has 0 aliphatic rings. The second-order valence-electron chi connectivity index (χ2n) is 4.23. The maximum atomic E-state index is 11.7. The van der Waals surface area contributed by atoms with Crippen LogP contribution in [-0.2, 0) is 11.3 Å². The van der Waals surface area contributed by atoms with Crippen LogP contribution in [0.15, 0.2) is 0 Å². The van der Waals surface area contributed by atoms with Crippen molar-refractivity contribution < 1.29 is 9.53 Å². The molecule has 0 amide bonds. The monoisotopic (exact) mass is 228 g/mol. The van der Waals surface area contributed by atoms with Gasteiger partial charge in [-0.3, -0.25) is 0 Å². The minimum atomic E-state index is -0.476. The summed E-state index contributed by atoms with van der Waals surface area (Å²) < 4.78 is 5.25. The van der Waals surface area contributed by atoms with Crippen molar-refractivity contribution in [3.05, 3.63) is 15.6 Å². The zero-order chi connectivity index (χ0) is 11.6. The number of hydrogen-bond acceptors (Lipinski definition) is 5. The van der Waals surface area contributed by atoms with Crippen LogP contribution < -0.4 is 5.73 Å². The molecular weight excluding hydrogens is 212 g/mol. The van der Waals surface area contributed by atoms with E-state index in [-0.39, 0.29) is 5.97 Å². The van der Waals surface area contributed by atoms with E-state index in [1.807, 2.05) is 20.8 Å². The van der Waals surface area contributed by atoms with Crippen molar-refractivity contribution in [1.82, 2.24) is 4.98 Å². The average molecular weight is 228 g/mol. The normalized spacial score (nSPS) is 11.5. The summed E-state index contributed by atoms with van der Waals surface area (Å²) in [5.74, 6) is -0.322. The predicted molar refractivity (Wildman–Crippen MR) is 59.9 cm³/mol. The average Bonchev–Trinajstić information content (AvgIpc) is 2.43. The number of hydrogen-bond donors (Lipinski definition) is 1. The number of aromatic nitrogens is 1. The first-order valence-corrected chi connectivity index (χ1v) is 5.55. The molecule has 1 heterocycles. The Morgan fingerprint density at radius 1 is 1.53 bits per heavy atom. The molecule has 0 spiro atoms. The molecule has 2 N–H and O–H groups in total. The Labute approximate surface area is 93.5 Å². The topological polar surface area (TPSA) is 65.2 Å². The highest BCUT2D eigenvalue weighted by Crippen LogP contribution is 2.21. The molecule has 4 nitrogen and oxygen atoms in total. The fourth-order valence-electron chi connectivity index (χ4n) is 1.05. The molecule has 84 valence electrons. The summed E-state index contributed by atoms with van der Waals surface area (Å²) in [5.41, 5.74) is 5.67. The molecular formula is C10H16N2O2S. The first-order chi connectivity index (χ1) is 6.83. The Balaban J connectivity index is 2.87. The third kappa shape index (κ3) is 3.28. The van der Waals surface area contributed by atoms with Gasteiger partial charge in [-0.2, -0.15) is 0 Å². The van der Waals surface area contributed by atoms with E-state index in [1.54, 1.807) is 6.92 Å². The standard InChI is InChI=1S/C10H16N2O2S/c1-6-8(15-7(5-11)12-6)9(13)14-10(2,3)4/h5,11H2,1-4H3. The van der Waals surface area contributed by atoms with Gasteiger partial charge in [0.1, 0.15) is 15.5 Å². The number of thiazole rings is 1. The summed E-state index contributed by atoms with van der Waals surface area (Å²) >= 11 is 1.30. The lowest BCUT2D eigenvalue weighted by atomic mass is 10.2. The quantitative estimate of drug-likeness (QED) is 0.785. The molecule has 0 aliphatic heterocycles. The third-order valence-corrected chi connectivity index (χ3v) is 2.76. The maximum absolute atomic E-state index is 11.7. The molecule has 1 rings (SSSR count). The minimum Gasteiger partial charge on any atom is -0.456 e. The largest absolute Gasteiger partial charge is 0.456 e. The first kappa shape index (κ1) is 12.1. The van der Waals surface area contributed by atoms with Gasteiger partial charge in [0, 0.05) is 6.54 Å². The van der Waals surface area contributed by atoms with Gasteiger partial charge in [-0.25, -0.2) is 9.78 Å². The van der Waals surface area contributed by atoms with Crippen molar-refractivity contribution in [1.29, 1.82) is 0 Å². The third-order valence-electron chi connectivity index (χ3n) is 1.60. The van der Waals surface area contributed by atoms with E-state index in [0.717, 1.165) is 5.01 Å². The van der Waals surface area contributed by atoms with Gasteiger partial charge in [-0.05, 0) is 27.7 Å². The van der Waals surface area contributed by atoms with E-state index < -0.39 is 5.60 Å². The summed E-state index contributed by atoms with van der Waals surface area (Å²) in [7, 11) is 0. The van der Waals surface area contributed by atoms with E-state index in [9.17, 15) is 4.79 Å². The molecule has 0 unspecified atom stereocenters. The van der Waals surface area contributed by atoms with Gasteiger partial charge in [-0.15, -0.1) is 11.3 Å². The van der Waals surface area contributed by atoms with Crippen molar-refractivity contribution in [3.8, 4) is 0 Å². The van der Waals surface area contributed by atoms with E-state index in [1.165, 1.54) is 11.3 Å². The minimum absolute atomic E-state index is 0.322. The van der Waals surface area contributed by atoms with Crippen molar-refractivity contribution in [2.75, 3.05) is 0 Å². The summed E-state index contributed by atoms with van der Waals surface area (Å²) in [6, 6.07) is 0. The number of esters is 1. The van der Waals surface area contributed by atoms with Crippen LogP contribution in [0.4, 0.5) is 0 Å². The van der Waals surface area contributed by atoms with Crippen LogP contribution in [0, 0.1) is 6.92 Å². The van der Waals surface area contributed by atoms with E-state index in [0.29, 0.717) is 17.1 Å². The smallest absolute Gasteiger partial charge is 0.350 e. The Morgan fingerprint density at radius 3 is 2.53 bits per heavy atom. The number of nitrogens with two attached hydrogens (primary N) is 1. The SMILES string of the molecule is Cc1nc(CN)sc1C(=O)OC(C)(C)C. The molecule has 0 bridgehead atoms. The van der Waals surface area contributed by atoms with E-state index in [4.69, 9.17) is 10.5 Å². The lowest BCUT2D eigenvalue weighted by Crippen LogP contribution is -2.23. The van der Waals surface area contributed by atoms with Crippen molar-refractivity contribution in [2.45, 2.75) is 39.8 Å². The molecule has 0 radical (unpaired) electrons. The van der Waals surface area contributed by atoms with Crippen LogP contribution in [0.25, 0.3) is 0 Å². The van der Waals surface area contributed by atoms with Crippen LogP contribution in [0.2, 0.25) is 0 Å². The lowest BCUT2D eigenvalue weighted by Gasteiger charge is -2.18. The van der Waals surface area contributed by atoms with Gasteiger partial charge in [0.2, 0.25) is 0 Å². The Morgan fingerprint density at radius 2 is 2.13 bits per heavy atom. The van der Waals surface area contributed by atoms with Gasteiger partial charge in [-0.1, -0.05) is 0 Å². The highest BCUT2D eigenvalue weighted by atomic mass is 32.1. The van der Waals surface area contributed by atoms with Crippen LogP contribution in [0.1, 0.15) is 41.1 Å². The molecule has 1 aromatic rings. The zero-order valence-electron chi connectivity index (χ0n) is 9.46. The van der Waals surface area contributed by atoms with Gasteiger partial charge < -0.3 is 10.5 Å². The molecule has 0 saturated carbocycles. The van der Waals surface area contributed by atoms with Gasteiger partial charge in [0.05, 0.1) is 5.69 Å². The maximum Gasteiger partial charge on any atom is 0.350 e. The number of aryl methyl sites for hydroxylation is 1. The Bertz CT molecular complexity index is 366. The summed E-state index contributed by atoms with van der Waals surface area (Å²) in [6.45, 7) is 7.66. The Kier molecular flexibility index (Phi) is 3.46. The van der Waals surface area contributed by atoms with E-state index >= 15 is 0 Å². The summed E-state index contributed by atoms with van der Waals surface area (Å²) in [4.78, 5) is 16.4. The highest BCUT2D eigenvalue weighted by molar-refractivity contribution is 7.13. The number of nitrogens with zero attached hydrogens (tertiary/aromatic N) is 1. The molecule has 0 aliphatic carbocycles. The van der Waals surface area contributed by atoms with Crippen LogP contribution in [0.3, 0.4) is 0 Å². The molecule has 0 aromatic carbocycles. The molecule has 0 fully saturated rings. The zero-order valence-corrected chi connectivity index (χ0v) is 10.3. The van der Waals surface area contributed by atoms with Crippen molar-refractivity contribution in [2.24, 2.45) is 5.73 Å². The molecule has 0 atom stereocenters. The van der Waals surface area contributed by atoms with Crippen LogP contribution >= 0.6 is 11.3 Å².